The van der Waals surface area contributed by atoms with Crippen molar-refractivity contribution >= 4 is 17.4 Å². The number of nitrogens with zero attached hydrogens (tertiary/aromatic N) is 2. The molecule has 0 aromatic heterocycles. The standard InChI is InChI=1S/C15H20N2O2/c1-16(2)15(19)9-11-17-10-5-8-14(18)12-6-3-4-7-13(12)17/h3-4,6-7H,5,8-11H2,1-2H3. The van der Waals surface area contributed by atoms with E-state index in [1.807, 2.05) is 24.3 Å². The van der Waals surface area contributed by atoms with E-state index < -0.39 is 0 Å². The molecule has 102 valence electrons. The molecule has 1 amide bonds. The van der Waals surface area contributed by atoms with Crippen molar-refractivity contribution in [3.8, 4) is 0 Å². The van der Waals surface area contributed by atoms with Crippen LogP contribution in [0.4, 0.5) is 5.69 Å². The molecule has 19 heavy (non-hydrogen) atoms. The maximum absolute atomic E-state index is 12.0. The Bertz CT molecular complexity index is 483. The molecule has 0 spiro atoms. The van der Waals surface area contributed by atoms with Crippen LogP contribution in [-0.4, -0.2) is 43.8 Å². The topological polar surface area (TPSA) is 40.6 Å². The molecular weight excluding hydrogens is 240 g/mol. The Hall–Kier alpha value is -1.84. The maximum atomic E-state index is 12.0. The molecule has 0 saturated carbocycles. The number of hydrogen-bond donors (Lipinski definition) is 0. The van der Waals surface area contributed by atoms with Gasteiger partial charge in [-0.15, -0.1) is 0 Å². The Balaban J connectivity index is 2.15. The second kappa shape index (κ2) is 5.87. The number of amides is 1. The molecule has 0 N–H and O–H groups in total. The summed E-state index contributed by atoms with van der Waals surface area (Å²) in [6.45, 7) is 1.50. The number of hydrogen-bond acceptors (Lipinski definition) is 3. The van der Waals surface area contributed by atoms with Crippen molar-refractivity contribution in [1.82, 2.24) is 4.90 Å². The highest BCUT2D eigenvalue weighted by atomic mass is 16.2. The summed E-state index contributed by atoms with van der Waals surface area (Å²) < 4.78 is 0. The summed E-state index contributed by atoms with van der Waals surface area (Å²) in [5, 5.41) is 0. The van der Waals surface area contributed by atoms with E-state index in [0.717, 1.165) is 24.2 Å². The highest BCUT2D eigenvalue weighted by Gasteiger charge is 2.20. The monoisotopic (exact) mass is 260 g/mol. The summed E-state index contributed by atoms with van der Waals surface area (Å²) in [5.74, 6) is 0.324. The zero-order chi connectivity index (χ0) is 13.8. The number of carbonyl (C=O) groups excluding carboxylic acids is 2. The van der Waals surface area contributed by atoms with E-state index >= 15 is 0 Å². The minimum atomic E-state index is 0.119. The Kier molecular flexibility index (Phi) is 4.20. The SMILES string of the molecule is CN(C)C(=O)CCN1CCCC(=O)c2ccccc21. The van der Waals surface area contributed by atoms with Gasteiger partial charge in [-0.05, 0) is 18.6 Å². The van der Waals surface area contributed by atoms with E-state index in [9.17, 15) is 9.59 Å². The van der Waals surface area contributed by atoms with Crippen LogP contribution in [0.3, 0.4) is 0 Å². The van der Waals surface area contributed by atoms with E-state index in [4.69, 9.17) is 0 Å². The van der Waals surface area contributed by atoms with Crippen LogP contribution in [0.1, 0.15) is 29.6 Å². The lowest BCUT2D eigenvalue weighted by Crippen LogP contribution is -2.31. The van der Waals surface area contributed by atoms with Gasteiger partial charge in [0.2, 0.25) is 5.91 Å². The van der Waals surface area contributed by atoms with Gasteiger partial charge in [0.1, 0.15) is 0 Å². The molecule has 1 aliphatic rings. The number of fused-ring (bicyclic) bond motifs is 1. The van der Waals surface area contributed by atoms with Crippen LogP contribution in [0.25, 0.3) is 0 Å². The molecule has 4 heteroatoms. The van der Waals surface area contributed by atoms with Crippen LogP contribution in [0.15, 0.2) is 24.3 Å². The van der Waals surface area contributed by atoms with Gasteiger partial charge in [0, 0.05) is 51.3 Å². The first-order valence-corrected chi connectivity index (χ1v) is 6.67. The molecule has 0 saturated heterocycles. The molecule has 0 radical (unpaired) electrons. The fourth-order valence-corrected chi connectivity index (χ4v) is 2.36. The Morgan fingerprint density at radius 3 is 2.79 bits per heavy atom. The van der Waals surface area contributed by atoms with Crippen molar-refractivity contribution in [1.29, 1.82) is 0 Å². The molecule has 0 fully saturated rings. The molecule has 0 aliphatic carbocycles. The molecule has 1 heterocycles. The number of rotatable bonds is 3. The maximum Gasteiger partial charge on any atom is 0.223 e. The quantitative estimate of drug-likeness (QED) is 0.834. The Morgan fingerprint density at radius 1 is 1.32 bits per heavy atom. The van der Waals surface area contributed by atoms with Crippen molar-refractivity contribution in [2.45, 2.75) is 19.3 Å². The molecule has 4 nitrogen and oxygen atoms in total. The first-order valence-electron chi connectivity index (χ1n) is 6.67. The molecule has 1 aliphatic heterocycles. The van der Waals surface area contributed by atoms with E-state index in [1.165, 1.54) is 0 Å². The van der Waals surface area contributed by atoms with Crippen LogP contribution in [0.5, 0.6) is 0 Å². The van der Waals surface area contributed by atoms with Gasteiger partial charge >= 0.3 is 0 Å². The fourth-order valence-electron chi connectivity index (χ4n) is 2.36. The number of para-hydroxylation sites is 1. The molecular formula is C15H20N2O2. The molecule has 0 atom stereocenters. The van der Waals surface area contributed by atoms with Crippen molar-refractivity contribution in [2.24, 2.45) is 0 Å². The van der Waals surface area contributed by atoms with Crippen molar-refractivity contribution in [3.63, 3.8) is 0 Å². The lowest BCUT2D eigenvalue weighted by atomic mass is 10.1. The molecule has 1 aromatic rings. The average molecular weight is 260 g/mol. The van der Waals surface area contributed by atoms with Crippen molar-refractivity contribution in [2.75, 3.05) is 32.1 Å². The number of Topliss-reactive ketones (excluding diaryl/α,β-unsaturated/α-hetero) is 1. The number of carbonyl (C=O) groups is 2. The summed E-state index contributed by atoms with van der Waals surface area (Å²) >= 11 is 0. The average Bonchev–Trinajstić information content (AvgIpc) is 2.56. The van der Waals surface area contributed by atoms with Crippen molar-refractivity contribution in [3.05, 3.63) is 29.8 Å². The lowest BCUT2D eigenvalue weighted by Gasteiger charge is -2.24. The largest absolute Gasteiger partial charge is 0.370 e. The smallest absolute Gasteiger partial charge is 0.223 e. The van der Waals surface area contributed by atoms with Crippen molar-refractivity contribution < 1.29 is 9.59 Å². The van der Waals surface area contributed by atoms with Crippen LogP contribution in [0, 0.1) is 0 Å². The molecule has 2 rings (SSSR count). The van der Waals surface area contributed by atoms with E-state index in [0.29, 0.717) is 19.4 Å². The van der Waals surface area contributed by atoms with Gasteiger partial charge < -0.3 is 9.80 Å². The van der Waals surface area contributed by atoms with Gasteiger partial charge in [-0.1, -0.05) is 12.1 Å². The third-order valence-corrected chi connectivity index (χ3v) is 3.47. The predicted molar refractivity (Wildman–Crippen MR) is 75.5 cm³/mol. The third kappa shape index (κ3) is 3.13. The van der Waals surface area contributed by atoms with Crippen LogP contribution >= 0.6 is 0 Å². The van der Waals surface area contributed by atoms with Gasteiger partial charge in [0.05, 0.1) is 0 Å². The van der Waals surface area contributed by atoms with Crippen LogP contribution in [0.2, 0.25) is 0 Å². The lowest BCUT2D eigenvalue weighted by molar-refractivity contribution is -0.128. The molecule has 0 unspecified atom stereocenters. The first kappa shape index (κ1) is 13.6. The normalized spacial score (nSPS) is 14.8. The minimum absolute atomic E-state index is 0.119. The highest BCUT2D eigenvalue weighted by Crippen LogP contribution is 2.26. The van der Waals surface area contributed by atoms with Gasteiger partial charge in [-0.2, -0.15) is 0 Å². The van der Waals surface area contributed by atoms with Crippen LogP contribution < -0.4 is 4.90 Å². The summed E-state index contributed by atoms with van der Waals surface area (Å²) in [7, 11) is 3.53. The van der Waals surface area contributed by atoms with E-state index in [2.05, 4.69) is 4.90 Å². The second-order valence-electron chi connectivity index (χ2n) is 5.07. The zero-order valence-corrected chi connectivity index (χ0v) is 11.6. The molecule has 0 bridgehead atoms. The third-order valence-electron chi connectivity index (χ3n) is 3.47. The number of ketones is 1. The minimum Gasteiger partial charge on any atom is -0.370 e. The van der Waals surface area contributed by atoms with Gasteiger partial charge in [0.25, 0.3) is 0 Å². The fraction of sp³-hybridized carbons (Fsp3) is 0.467. The number of benzene rings is 1. The highest BCUT2D eigenvalue weighted by molar-refractivity contribution is 6.02. The van der Waals surface area contributed by atoms with Gasteiger partial charge in [-0.25, -0.2) is 0 Å². The van der Waals surface area contributed by atoms with Gasteiger partial charge in [0.15, 0.2) is 5.78 Å². The molecule has 1 aromatic carbocycles. The number of anilines is 1. The zero-order valence-electron chi connectivity index (χ0n) is 11.6. The second-order valence-corrected chi connectivity index (χ2v) is 5.07. The van der Waals surface area contributed by atoms with Gasteiger partial charge in [-0.3, -0.25) is 9.59 Å². The first-order chi connectivity index (χ1) is 9.09. The summed E-state index contributed by atoms with van der Waals surface area (Å²) in [5.41, 5.74) is 1.76. The Labute approximate surface area is 114 Å². The summed E-state index contributed by atoms with van der Waals surface area (Å²) in [6, 6.07) is 7.69. The summed E-state index contributed by atoms with van der Waals surface area (Å²) in [4.78, 5) is 27.4. The Morgan fingerprint density at radius 2 is 2.05 bits per heavy atom. The predicted octanol–water partition coefficient (Wildman–Crippen LogP) is 1.95. The van der Waals surface area contributed by atoms with Crippen LogP contribution in [-0.2, 0) is 4.79 Å². The summed E-state index contributed by atoms with van der Waals surface area (Å²) in [6.07, 6.45) is 1.92. The van der Waals surface area contributed by atoms with E-state index in [-0.39, 0.29) is 11.7 Å². The van der Waals surface area contributed by atoms with E-state index in [1.54, 1.807) is 19.0 Å².